The van der Waals surface area contributed by atoms with Crippen molar-refractivity contribution >= 4 is 5.95 Å². The summed E-state index contributed by atoms with van der Waals surface area (Å²) in [5, 5.41) is 8.86. The van der Waals surface area contributed by atoms with E-state index in [9.17, 15) is 0 Å². The summed E-state index contributed by atoms with van der Waals surface area (Å²) in [5.74, 6) is 0.696. The SMILES string of the molecule is CN(CC(C)(C)C)c1ncc(CO)cn1. The van der Waals surface area contributed by atoms with Crippen molar-refractivity contribution in [1.29, 1.82) is 0 Å². The lowest BCUT2D eigenvalue weighted by Crippen LogP contribution is -2.30. The third-order valence-corrected chi connectivity index (χ3v) is 1.93. The molecule has 0 radical (unpaired) electrons. The monoisotopic (exact) mass is 209 g/mol. The molecule has 1 aromatic heterocycles. The Hall–Kier alpha value is -1.16. The highest BCUT2D eigenvalue weighted by molar-refractivity contribution is 5.28. The summed E-state index contributed by atoms with van der Waals surface area (Å²) in [6, 6.07) is 0. The lowest BCUT2D eigenvalue weighted by molar-refractivity contribution is 0.281. The summed E-state index contributed by atoms with van der Waals surface area (Å²) in [7, 11) is 1.97. The van der Waals surface area contributed by atoms with Crippen LogP contribution in [0.15, 0.2) is 12.4 Å². The average Bonchev–Trinajstić information content (AvgIpc) is 2.15. The van der Waals surface area contributed by atoms with Crippen LogP contribution in [0.25, 0.3) is 0 Å². The van der Waals surface area contributed by atoms with E-state index in [1.54, 1.807) is 12.4 Å². The van der Waals surface area contributed by atoms with Gasteiger partial charge >= 0.3 is 0 Å². The van der Waals surface area contributed by atoms with Crippen molar-refractivity contribution in [3.63, 3.8) is 0 Å². The van der Waals surface area contributed by atoms with Crippen LogP contribution in [-0.4, -0.2) is 28.7 Å². The Kier molecular flexibility index (Phi) is 3.63. The summed E-state index contributed by atoms with van der Waals surface area (Å²) < 4.78 is 0. The highest BCUT2D eigenvalue weighted by Crippen LogP contribution is 2.16. The van der Waals surface area contributed by atoms with Crippen LogP contribution >= 0.6 is 0 Å². The number of hydrogen-bond acceptors (Lipinski definition) is 4. The predicted molar refractivity (Wildman–Crippen MR) is 60.7 cm³/mol. The molecule has 84 valence electrons. The standard InChI is InChI=1S/C11H19N3O/c1-11(2,3)8-14(4)10-12-5-9(7-15)6-13-10/h5-6,15H,7-8H2,1-4H3. The first-order valence-electron chi connectivity index (χ1n) is 5.05. The average molecular weight is 209 g/mol. The summed E-state index contributed by atoms with van der Waals surface area (Å²) >= 11 is 0. The molecule has 0 aliphatic carbocycles. The highest BCUT2D eigenvalue weighted by Gasteiger charge is 2.15. The first-order valence-corrected chi connectivity index (χ1v) is 5.05. The first kappa shape index (κ1) is 11.9. The molecule has 0 saturated heterocycles. The second-order valence-corrected chi connectivity index (χ2v) is 4.97. The van der Waals surface area contributed by atoms with Crippen molar-refractivity contribution in [2.45, 2.75) is 27.4 Å². The van der Waals surface area contributed by atoms with Gasteiger partial charge in [0.25, 0.3) is 0 Å². The molecule has 1 heterocycles. The van der Waals surface area contributed by atoms with Crippen LogP contribution in [0.2, 0.25) is 0 Å². The molecule has 0 amide bonds. The minimum atomic E-state index is -0.0106. The van der Waals surface area contributed by atoms with Gasteiger partial charge in [-0.15, -0.1) is 0 Å². The number of aliphatic hydroxyl groups excluding tert-OH is 1. The topological polar surface area (TPSA) is 49.2 Å². The van der Waals surface area contributed by atoms with Crippen molar-refractivity contribution in [3.8, 4) is 0 Å². The Bertz CT molecular complexity index is 303. The van der Waals surface area contributed by atoms with E-state index in [0.717, 1.165) is 12.1 Å². The van der Waals surface area contributed by atoms with Crippen LogP contribution in [0.3, 0.4) is 0 Å². The number of hydrogen-bond donors (Lipinski definition) is 1. The fourth-order valence-corrected chi connectivity index (χ4v) is 1.41. The molecule has 4 nitrogen and oxygen atoms in total. The second-order valence-electron chi connectivity index (χ2n) is 4.97. The van der Waals surface area contributed by atoms with E-state index in [1.807, 2.05) is 11.9 Å². The van der Waals surface area contributed by atoms with Crippen molar-refractivity contribution < 1.29 is 5.11 Å². The summed E-state index contributed by atoms with van der Waals surface area (Å²) in [5.41, 5.74) is 0.955. The molecule has 1 rings (SSSR count). The summed E-state index contributed by atoms with van der Waals surface area (Å²) in [6.07, 6.45) is 3.31. The van der Waals surface area contributed by atoms with Crippen LogP contribution in [0, 0.1) is 5.41 Å². The largest absolute Gasteiger partial charge is 0.392 e. The van der Waals surface area contributed by atoms with Crippen LogP contribution in [0.4, 0.5) is 5.95 Å². The van der Waals surface area contributed by atoms with Crippen molar-refractivity contribution in [2.24, 2.45) is 5.41 Å². The molecule has 0 atom stereocenters. The van der Waals surface area contributed by atoms with E-state index in [2.05, 4.69) is 30.7 Å². The number of aliphatic hydroxyl groups is 1. The summed E-state index contributed by atoms with van der Waals surface area (Å²) in [4.78, 5) is 10.4. The maximum absolute atomic E-state index is 8.86. The zero-order chi connectivity index (χ0) is 11.5. The fourth-order valence-electron chi connectivity index (χ4n) is 1.41. The number of rotatable bonds is 3. The van der Waals surface area contributed by atoms with E-state index >= 15 is 0 Å². The van der Waals surface area contributed by atoms with Gasteiger partial charge in [0, 0.05) is 31.5 Å². The van der Waals surface area contributed by atoms with Gasteiger partial charge in [-0.25, -0.2) is 9.97 Å². The van der Waals surface area contributed by atoms with Gasteiger partial charge in [0.2, 0.25) is 5.95 Å². The van der Waals surface area contributed by atoms with Crippen LogP contribution < -0.4 is 4.90 Å². The molecular weight excluding hydrogens is 190 g/mol. The molecule has 0 fully saturated rings. The van der Waals surface area contributed by atoms with Gasteiger partial charge in [-0.05, 0) is 5.41 Å². The Morgan fingerprint density at radius 1 is 1.27 bits per heavy atom. The Balaban J connectivity index is 2.70. The number of nitrogens with zero attached hydrogens (tertiary/aromatic N) is 3. The van der Waals surface area contributed by atoms with E-state index < -0.39 is 0 Å². The van der Waals surface area contributed by atoms with Crippen LogP contribution in [-0.2, 0) is 6.61 Å². The number of aromatic nitrogens is 2. The van der Waals surface area contributed by atoms with Gasteiger partial charge in [0.05, 0.1) is 6.61 Å². The highest BCUT2D eigenvalue weighted by atomic mass is 16.3. The molecule has 0 aromatic carbocycles. The molecule has 1 aromatic rings. The predicted octanol–water partition coefficient (Wildman–Crippen LogP) is 1.45. The van der Waals surface area contributed by atoms with E-state index in [4.69, 9.17) is 5.11 Å². The molecule has 0 bridgehead atoms. The molecule has 0 saturated carbocycles. The molecule has 1 N–H and O–H groups in total. The van der Waals surface area contributed by atoms with Gasteiger partial charge in [0.15, 0.2) is 0 Å². The van der Waals surface area contributed by atoms with Crippen molar-refractivity contribution in [3.05, 3.63) is 18.0 Å². The molecule has 4 heteroatoms. The molecule has 15 heavy (non-hydrogen) atoms. The van der Waals surface area contributed by atoms with Gasteiger partial charge in [-0.1, -0.05) is 20.8 Å². The zero-order valence-corrected chi connectivity index (χ0v) is 9.86. The maximum Gasteiger partial charge on any atom is 0.225 e. The smallest absolute Gasteiger partial charge is 0.225 e. The van der Waals surface area contributed by atoms with Crippen molar-refractivity contribution in [1.82, 2.24) is 9.97 Å². The minimum Gasteiger partial charge on any atom is -0.392 e. The van der Waals surface area contributed by atoms with Crippen molar-refractivity contribution in [2.75, 3.05) is 18.5 Å². The second kappa shape index (κ2) is 4.57. The van der Waals surface area contributed by atoms with Gasteiger partial charge < -0.3 is 10.0 Å². The fraction of sp³-hybridized carbons (Fsp3) is 0.636. The normalized spacial score (nSPS) is 11.5. The Labute approximate surface area is 91.0 Å². The van der Waals surface area contributed by atoms with Crippen LogP contribution in [0.1, 0.15) is 26.3 Å². The third-order valence-electron chi connectivity index (χ3n) is 1.93. The third kappa shape index (κ3) is 3.83. The molecule has 0 aliphatic rings. The molecule has 0 spiro atoms. The molecule has 0 unspecified atom stereocenters. The van der Waals surface area contributed by atoms with Gasteiger partial charge in [-0.3, -0.25) is 0 Å². The Morgan fingerprint density at radius 2 is 1.80 bits per heavy atom. The lowest BCUT2D eigenvalue weighted by Gasteiger charge is -2.26. The van der Waals surface area contributed by atoms with E-state index in [-0.39, 0.29) is 12.0 Å². The van der Waals surface area contributed by atoms with Crippen LogP contribution in [0.5, 0.6) is 0 Å². The zero-order valence-electron chi connectivity index (χ0n) is 9.86. The van der Waals surface area contributed by atoms with Gasteiger partial charge in [-0.2, -0.15) is 0 Å². The quantitative estimate of drug-likeness (QED) is 0.818. The maximum atomic E-state index is 8.86. The minimum absolute atomic E-state index is 0.0106. The van der Waals surface area contributed by atoms with E-state index in [0.29, 0.717) is 5.95 Å². The lowest BCUT2D eigenvalue weighted by atomic mass is 9.96. The molecular formula is C11H19N3O. The summed E-state index contributed by atoms with van der Waals surface area (Å²) in [6.45, 7) is 7.40. The molecule has 0 aliphatic heterocycles. The van der Waals surface area contributed by atoms with Gasteiger partial charge in [0.1, 0.15) is 0 Å². The Morgan fingerprint density at radius 3 is 2.20 bits per heavy atom. The van der Waals surface area contributed by atoms with E-state index in [1.165, 1.54) is 0 Å². The number of anilines is 1. The first-order chi connectivity index (χ1) is 6.92.